The molecule has 0 spiro atoms. The average Bonchev–Trinajstić information content (AvgIpc) is 3.39. The number of carbonyl (C=O) groups is 1. The van der Waals surface area contributed by atoms with Gasteiger partial charge in [-0.2, -0.15) is 11.8 Å². The Morgan fingerprint density at radius 1 is 1.25 bits per heavy atom. The summed E-state index contributed by atoms with van der Waals surface area (Å²) in [6, 6.07) is 0. The number of nitrogens with zero attached hydrogens (tertiary/aromatic N) is 1. The number of rotatable bonds is 8. The normalized spacial score (nSPS) is 37.4. The van der Waals surface area contributed by atoms with Crippen LogP contribution in [0.3, 0.4) is 0 Å². The summed E-state index contributed by atoms with van der Waals surface area (Å²) in [6.07, 6.45) is 6.59. The molecule has 2 saturated carbocycles. The number of fused-ring (bicyclic) bond motifs is 2. The molecule has 0 aromatic heterocycles. The first-order valence-corrected chi connectivity index (χ1v) is 13.6. The number of sulfonamides is 1. The van der Waals surface area contributed by atoms with Crippen LogP contribution in [0.4, 0.5) is 0 Å². The van der Waals surface area contributed by atoms with Crippen molar-refractivity contribution < 1.29 is 17.9 Å². The van der Waals surface area contributed by atoms with Crippen LogP contribution >= 0.6 is 11.8 Å². The first-order valence-electron chi connectivity index (χ1n) is 10.9. The van der Waals surface area contributed by atoms with Gasteiger partial charge in [0.15, 0.2) is 0 Å². The molecule has 4 unspecified atom stereocenters. The molecule has 160 valence electrons. The standard InChI is InChI=1S/C21H35NO4S2/c1-20(2)17-5-8-21(20,19(23)12-17)15-28(24,25)22(13-16-7-10-26-14-16)9-6-18-4-3-11-27-18/h16-18H,3-15H2,1-2H3. The third kappa shape index (κ3) is 3.69. The van der Waals surface area contributed by atoms with Crippen LogP contribution in [0.25, 0.3) is 0 Å². The van der Waals surface area contributed by atoms with Crippen LogP contribution < -0.4 is 0 Å². The number of carbonyl (C=O) groups excluding carboxylic acids is 1. The summed E-state index contributed by atoms with van der Waals surface area (Å²) in [5.41, 5.74) is -0.885. The van der Waals surface area contributed by atoms with E-state index in [-0.39, 0.29) is 22.9 Å². The average molecular weight is 430 g/mol. The zero-order valence-corrected chi connectivity index (χ0v) is 19.0. The number of hydrogen-bond donors (Lipinski definition) is 0. The Morgan fingerprint density at radius 2 is 2.07 bits per heavy atom. The Balaban J connectivity index is 1.52. The van der Waals surface area contributed by atoms with Gasteiger partial charge >= 0.3 is 0 Å². The molecular weight excluding hydrogens is 394 g/mol. The molecule has 4 fully saturated rings. The van der Waals surface area contributed by atoms with Crippen molar-refractivity contribution in [2.24, 2.45) is 22.7 Å². The molecule has 0 amide bonds. The number of hydrogen-bond acceptors (Lipinski definition) is 5. The van der Waals surface area contributed by atoms with E-state index < -0.39 is 15.4 Å². The molecule has 2 bridgehead atoms. The molecule has 0 aromatic carbocycles. The highest BCUT2D eigenvalue weighted by molar-refractivity contribution is 8.00. The minimum absolute atomic E-state index is 0.00766. The van der Waals surface area contributed by atoms with E-state index in [9.17, 15) is 13.2 Å². The monoisotopic (exact) mass is 429 g/mol. The predicted octanol–water partition coefficient (Wildman–Crippen LogP) is 3.34. The highest BCUT2D eigenvalue weighted by Gasteiger charge is 2.65. The van der Waals surface area contributed by atoms with E-state index in [4.69, 9.17) is 4.74 Å². The Bertz CT molecular complexity index is 695. The van der Waals surface area contributed by atoms with E-state index in [2.05, 4.69) is 13.8 Å². The molecule has 2 heterocycles. The van der Waals surface area contributed by atoms with Crippen LogP contribution in [0.15, 0.2) is 0 Å². The fraction of sp³-hybridized carbons (Fsp3) is 0.952. The summed E-state index contributed by atoms with van der Waals surface area (Å²) in [4.78, 5) is 12.9. The second-order valence-corrected chi connectivity index (χ2v) is 13.3. The van der Waals surface area contributed by atoms with Crippen LogP contribution in [-0.2, 0) is 19.6 Å². The van der Waals surface area contributed by atoms with Gasteiger partial charge in [0.1, 0.15) is 5.78 Å². The fourth-order valence-corrected chi connectivity index (χ4v) is 9.61. The molecule has 4 aliphatic rings. The van der Waals surface area contributed by atoms with Gasteiger partial charge in [-0.05, 0) is 61.5 Å². The number of Topliss-reactive ketones (excluding diaryl/α,β-unsaturated/α-hetero) is 1. The molecule has 5 nitrogen and oxygen atoms in total. The lowest BCUT2D eigenvalue weighted by molar-refractivity contribution is -0.128. The molecule has 4 rings (SSSR count). The molecule has 2 aliphatic carbocycles. The van der Waals surface area contributed by atoms with Gasteiger partial charge in [-0.1, -0.05) is 13.8 Å². The van der Waals surface area contributed by atoms with E-state index in [0.29, 0.717) is 37.3 Å². The lowest BCUT2D eigenvalue weighted by Gasteiger charge is -2.38. The fourth-order valence-electron chi connectivity index (χ4n) is 6.03. The van der Waals surface area contributed by atoms with Crippen LogP contribution in [0.1, 0.15) is 58.8 Å². The zero-order valence-electron chi connectivity index (χ0n) is 17.3. The Hall–Kier alpha value is -0.110. The molecule has 2 saturated heterocycles. The molecule has 0 radical (unpaired) electrons. The Kier molecular flexibility index (Phi) is 5.93. The Labute approximate surface area is 174 Å². The van der Waals surface area contributed by atoms with E-state index >= 15 is 0 Å². The largest absolute Gasteiger partial charge is 0.381 e. The van der Waals surface area contributed by atoms with Crippen LogP contribution in [-0.4, -0.2) is 61.6 Å². The predicted molar refractivity (Wildman–Crippen MR) is 113 cm³/mol. The highest BCUT2D eigenvalue weighted by Crippen LogP contribution is 2.64. The van der Waals surface area contributed by atoms with Crippen LogP contribution in [0.2, 0.25) is 0 Å². The maximum atomic E-state index is 13.6. The molecule has 2 aliphatic heterocycles. The topological polar surface area (TPSA) is 63.7 Å². The van der Waals surface area contributed by atoms with E-state index in [1.165, 1.54) is 18.6 Å². The van der Waals surface area contributed by atoms with Gasteiger partial charge < -0.3 is 4.74 Å². The van der Waals surface area contributed by atoms with Crippen molar-refractivity contribution >= 4 is 27.6 Å². The zero-order chi connectivity index (χ0) is 20.0. The van der Waals surface area contributed by atoms with Gasteiger partial charge in [0.2, 0.25) is 10.0 Å². The van der Waals surface area contributed by atoms with Gasteiger partial charge in [0.25, 0.3) is 0 Å². The van der Waals surface area contributed by atoms with Crippen molar-refractivity contribution in [1.82, 2.24) is 4.31 Å². The lowest BCUT2D eigenvalue weighted by Crippen LogP contribution is -2.48. The summed E-state index contributed by atoms with van der Waals surface area (Å²) in [7, 11) is -3.49. The van der Waals surface area contributed by atoms with Crippen molar-refractivity contribution in [3.63, 3.8) is 0 Å². The minimum atomic E-state index is -3.49. The summed E-state index contributed by atoms with van der Waals surface area (Å²) >= 11 is 1.98. The number of ketones is 1. The summed E-state index contributed by atoms with van der Waals surface area (Å²) in [5, 5.41) is 0.580. The molecule has 28 heavy (non-hydrogen) atoms. The Morgan fingerprint density at radius 3 is 2.64 bits per heavy atom. The van der Waals surface area contributed by atoms with Gasteiger partial charge in [-0.15, -0.1) is 0 Å². The van der Waals surface area contributed by atoms with Gasteiger partial charge in [-0.3, -0.25) is 4.79 Å². The smallest absolute Gasteiger partial charge is 0.215 e. The maximum Gasteiger partial charge on any atom is 0.215 e. The van der Waals surface area contributed by atoms with Gasteiger partial charge in [-0.25, -0.2) is 12.7 Å². The molecule has 4 atom stereocenters. The maximum absolute atomic E-state index is 13.6. The number of ether oxygens (including phenoxy) is 1. The minimum Gasteiger partial charge on any atom is -0.381 e. The number of thioether (sulfide) groups is 1. The molecule has 0 aromatic rings. The SMILES string of the molecule is CC1(C)C2CCC1(CS(=O)(=O)N(CCC1CCCS1)CC1CCOC1)C(=O)C2. The third-order valence-electron chi connectivity index (χ3n) is 8.17. The highest BCUT2D eigenvalue weighted by atomic mass is 32.2. The van der Waals surface area contributed by atoms with Gasteiger partial charge in [0, 0.05) is 36.8 Å². The van der Waals surface area contributed by atoms with E-state index in [1.54, 1.807) is 4.31 Å². The molecular formula is C21H35NO4S2. The van der Waals surface area contributed by atoms with E-state index in [0.717, 1.165) is 32.3 Å². The summed E-state index contributed by atoms with van der Waals surface area (Å²) in [6.45, 7) is 6.76. The third-order valence-corrected chi connectivity index (χ3v) is 11.6. The first-order chi connectivity index (χ1) is 13.2. The first kappa shape index (κ1) is 21.1. The second kappa shape index (κ2) is 7.86. The molecule has 0 N–H and O–H groups in total. The van der Waals surface area contributed by atoms with Crippen molar-refractivity contribution in [3.8, 4) is 0 Å². The van der Waals surface area contributed by atoms with Crippen molar-refractivity contribution in [2.45, 2.75) is 64.0 Å². The van der Waals surface area contributed by atoms with Crippen molar-refractivity contribution in [1.29, 1.82) is 0 Å². The van der Waals surface area contributed by atoms with Crippen LogP contribution in [0, 0.1) is 22.7 Å². The van der Waals surface area contributed by atoms with Gasteiger partial charge in [0.05, 0.1) is 12.4 Å². The lowest BCUT2D eigenvalue weighted by atomic mass is 9.70. The van der Waals surface area contributed by atoms with Crippen molar-refractivity contribution in [2.75, 3.05) is 37.8 Å². The van der Waals surface area contributed by atoms with Crippen molar-refractivity contribution in [3.05, 3.63) is 0 Å². The van der Waals surface area contributed by atoms with Crippen LogP contribution in [0.5, 0.6) is 0 Å². The molecule has 7 heteroatoms. The summed E-state index contributed by atoms with van der Waals surface area (Å²) < 4.78 is 34.5. The summed E-state index contributed by atoms with van der Waals surface area (Å²) in [5.74, 6) is 2.02. The quantitative estimate of drug-likeness (QED) is 0.592. The second-order valence-electron chi connectivity index (χ2n) is 9.93. The van der Waals surface area contributed by atoms with E-state index in [1.807, 2.05) is 11.8 Å².